The molecule has 1 heterocycles. The third kappa shape index (κ3) is 4.08. The van der Waals surface area contributed by atoms with Crippen LogP contribution in [0.15, 0.2) is 36.4 Å². The summed E-state index contributed by atoms with van der Waals surface area (Å²) in [6.45, 7) is 2.47. The highest BCUT2D eigenvalue weighted by atomic mass is 16.5. The summed E-state index contributed by atoms with van der Waals surface area (Å²) in [6, 6.07) is 10.5. The fourth-order valence-electron chi connectivity index (χ4n) is 1.93. The zero-order valence-corrected chi connectivity index (χ0v) is 12.3. The fourth-order valence-corrected chi connectivity index (χ4v) is 1.93. The number of pyridine rings is 1. The average molecular weight is 295 g/mol. The number of nitrogens with zero attached hydrogens (tertiary/aromatic N) is 1. The first-order valence-electron chi connectivity index (χ1n) is 6.79. The topological polar surface area (TPSA) is 77.2 Å². The summed E-state index contributed by atoms with van der Waals surface area (Å²) in [5.41, 5.74) is 7.87. The van der Waals surface area contributed by atoms with Crippen LogP contribution in [-0.4, -0.2) is 17.4 Å². The smallest absolute Gasteiger partial charge is 0.252 e. The number of benzene rings is 1. The Balaban J connectivity index is 2.18. The molecule has 1 aromatic carbocycles. The van der Waals surface area contributed by atoms with Gasteiger partial charge in [0.2, 0.25) is 5.88 Å². The minimum absolute atomic E-state index is 0.184. The van der Waals surface area contributed by atoms with Crippen molar-refractivity contribution in [2.45, 2.75) is 13.5 Å². The van der Waals surface area contributed by atoms with Gasteiger partial charge in [0, 0.05) is 23.9 Å². The minimum atomic E-state index is -0.247. The maximum absolute atomic E-state index is 11.9. The van der Waals surface area contributed by atoms with Crippen LogP contribution in [0.2, 0.25) is 0 Å². The third-order valence-corrected chi connectivity index (χ3v) is 2.90. The second kappa shape index (κ2) is 7.25. The van der Waals surface area contributed by atoms with Crippen molar-refractivity contribution in [3.8, 4) is 24.0 Å². The molecule has 112 valence electrons. The van der Waals surface area contributed by atoms with Crippen LogP contribution >= 0.6 is 0 Å². The summed E-state index contributed by atoms with van der Waals surface area (Å²) in [4.78, 5) is 16.2. The number of hydrogen-bond donors (Lipinski definition) is 2. The lowest BCUT2D eigenvalue weighted by atomic mass is 10.2. The Kier molecular flexibility index (Phi) is 5.12. The molecule has 0 atom stereocenters. The first-order valence-corrected chi connectivity index (χ1v) is 6.79. The summed E-state index contributed by atoms with van der Waals surface area (Å²) < 4.78 is 5.71. The lowest BCUT2D eigenvalue weighted by Gasteiger charge is -2.09. The van der Waals surface area contributed by atoms with Crippen molar-refractivity contribution < 1.29 is 9.53 Å². The Bertz CT molecular complexity index is 720. The Morgan fingerprint density at radius 2 is 2.23 bits per heavy atom. The Labute approximate surface area is 129 Å². The molecule has 5 nitrogen and oxygen atoms in total. The summed E-state index contributed by atoms with van der Waals surface area (Å²) in [5.74, 6) is 3.08. The largest absolute Gasteiger partial charge is 0.439 e. The predicted molar refractivity (Wildman–Crippen MR) is 84.5 cm³/mol. The van der Waals surface area contributed by atoms with Gasteiger partial charge in [0.1, 0.15) is 5.75 Å². The quantitative estimate of drug-likeness (QED) is 0.827. The standard InChI is InChI=1S/C17H17N3O2/c1-3-7-19-17(21)14-5-4-6-15(10-14)22-16-9-13(11-18)8-12(2)20-16/h1,4-6,8-10H,7,11,18H2,2H3,(H,19,21). The number of carbonyl (C=O) groups is 1. The van der Waals surface area contributed by atoms with Gasteiger partial charge in [0.25, 0.3) is 5.91 Å². The molecule has 0 aliphatic heterocycles. The van der Waals surface area contributed by atoms with Gasteiger partial charge < -0.3 is 15.8 Å². The van der Waals surface area contributed by atoms with Gasteiger partial charge >= 0.3 is 0 Å². The fraction of sp³-hybridized carbons (Fsp3) is 0.176. The molecule has 1 aromatic heterocycles. The van der Waals surface area contributed by atoms with Gasteiger partial charge in [-0.25, -0.2) is 4.98 Å². The van der Waals surface area contributed by atoms with E-state index in [2.05, 4.69) is 16.2 Å². The van der Waals surface area contributed by atoms with E-state index < -0.39 is 0 Å². The Morgan fingerprint density at radius 3 is 2.95 bits per heavy atom. The molecule has 0 unspecified atom stereocenters. The number of aromatic nitrogens is 1. The van der Waals surface area contributed by atoms with Gasteiger partial charge in [-0.2, -0.15) is 0 Å². The van der Waals surface area contributed by atoms with Crippen LogP contribution in [-0.2, 0) is 6.54 Å². The van der Waals surface area contributed by atoms with Gasteiger partial charge in [-0.3, -0.25) is 4.79 Å². The molecule has 0 saturated carbocycles. The molecule has 0 bridgehead atoms. The van der Waals surface area contributed by atoms with E-state index in [0.29, 0.717) is 23.7 Å². The number of ether oxygens (including phenoxy) is 1. The molecule has 0 saturated heterocycles. The van der Waals surface area contributed by atoms with Crippen LogP contribution in [0.4, 0.5) is 0 Å². The van der Waals surface area contributed by atoms with E-state index in [-0.39, 0.29) is 12.5 Å². The highest BCUT2D eigenvalue weighted by Crippen LogP contribution is 2.22. The molecule has 2 rings (SSSR count). The van der Waals surface area contributed by atoms with Gasteiger partial charge in [-0.05, 0) is 36.8 Å². The van der Waals surface area contributed by atoms with Gasteiger partial charge in [-0.15, -0.1) is 6.42 Å². The van der Waals surface area contributed by atoms with Gasteiger partial charge in [-0.1, -0.05) is 12.0 Å². The van der Waals surface area contributed by atoms with Crippen LogP contribution in [0.3, 0.4) is 0 Å². The lowest BCUT2D eigenvalue weighted by Crippen LogP contribution is -2.23. The summed E-state index contributed by atoms with van der Waals surface area (Å²) in [7, 11) is 0. The Morgan fingerprint density at radius 1 is 1.41 bits per heavy atom. The number of aryl methyl sites for hydroxylation is 1. The predicted octanol–water partition coefficient (Wildman–Crippen LogP) is 2.00. The molecule has 0 aliphatic carbocycles. The third-order valence-electron chi connectivity index (χ3n) is 2.90. The molecule has 0 radical (unpaired) electrons. The van der Waals surface area contributed by atoms with Crippen LogP contribution in [0.25, 0.3) is 0 Å². The number of nitrogens with one attached hydrogen (secondary N) is 1. The minimum Gasteiger partial charge on any atom is -0.439 e. The number of rotatable bonds is 5. The first-order chi connectivity index (χ1) is 10.6. The monoisotopic (exact) mass is 295 g/mol. The van der Waals surface area contributed by atoms with Crippen LogP contribution in [0, 0.1) is 19.3 Å². The van der Waals surface area contributed by atoms with Crippen molar-refractivity contribution in [3.05, 3.63) is 53.2 Å². The normalized spacial score (nSPS) is 9.86. The molecule has 0 fully saturated rings. The van der Waals surface area contributed by atoms with Crippen LogP contribution in [0.5, 0.6) is 11.6 Å². The molecule has 3 N–H and O–H groups in total. The van der Waals surface area contributed by atoms with Crippen LogP contribution < -0.4 is 15.8 Å². The molecule has 22 heavy (non-hydrogen) atoms. The number of terminal acetylenes is 1. The van der Waals surface area contributed by atoms with Crippen LogP contribution in [0.1, 0.15) is 21.6 Å². The number of hydrogen-bond acceptors (Lipinski definition) is 4. The molecular formula is C17H17N3O2. The van der Waals surface area contributed by atoms with E-state index in [1.807, 2.05) is 13.0 Å². The van der Waals surface area contributed by atoms with Gasteiger partial charge in [0.05, 0.1) is 6.54 Å². The van der Waals surface area contributed by atoms with E-state index in [9.17, 15) is 4.79 Å². The van der Waals surface area contributed by atoms with Crippen molar-refractivity contribution in [2.24, 2.45) is 5.73 Å². The van der Waals surface area contributed by atoms with Crippen molar-refractivity contribution in [1.82, 2.24) is 10.3 Å². The second-order valence-electron chi connectivity index (χ2n) is 4.68. The van der Waals surface area contributed by atoms with E-state index in [4.69, 9.17) is 16.9 Å². The van der Waals surface area contributed by atoms with E-state index in [1.165, 1.54) is 0 Å². The molecule has 5 heteroatoms. The molecular weight excluding hydrogens is 278 g/mol. The highest BCUT2D eigenvalue weighted by molar-refractivity contribution is 5.94. The summed E-state index contributed by atoms with van der Waals surface area (Å²) >= 11 is 0. The maximum Gasteiger partial charge on any atom is 0.252 e. The lowest BCUT2D eigenvalue weighted by molar-refractivity contribution is 0.0958. The summed E-state index contributed by atoms with van der Waals surface area (Å²) in [5, 5.41) is 2.60. The first kappa shape index (κ1) is 15.5. The molecule has 0 spiro atoms. The highest BCUT2D eigenvalue weighted by Gasteiger charge is 2.07. The maximum atomic E-state index is 11.9. The zero-order chi connectivity index (χ0) is 15.9. The molecule has 2 aromatic rings. The van der Waals surface area contributed by atoms with Crippen molar-refractivity contribution in [3.63, 3.8) is 0 Å². The average Bonchev–Trinajstić information content (AvgIpc) is 2.52. The molecule has 0 aliphatic rings. The number of amides is 1. The zero-order valence-electron chi connectivity index (χ0n) is 12.3. The van der Waals surface area contributed by atoms with E-state index in [0.717, 1.165) is 11.3 Å². The van der Waals surface area contributed by atoms with Gasteiger partial charge in [0.15, 0.2) is 0 Å². The van der Waals surface area contributed by atoms with Crippen molar-refractivity contribution in [2.75, 3.05) is 6.54 Å². The van der Waals surface area contributed by atoms with E-state index in [1.54, 1.807) is 30.3 Å². The van der Waals surface area contributed by atoms with E-state index >= 15 is 0 Å². The second-order valence-corrected chi connectivity index (χ2v) is 4.68. The Hall–Kier alpha value is -2.84. The molecule has 1 amide bonds. The summed E-state index contributed by atoms with van der Waals surface area (Å²) in [6.07, 6.45) is 5.12. The number of nitrogens with two attached hydrogens (primary N) is 1. The van der Waals surface area contributed by atoms with Crippen molar-refractivity contribution in [1.29, 1.82) is 0 Å². The number of carbonyl (C=O) groups excluding carboxylic acids is 1. The van der Waals surface area contributed by atoms with Crippen molar-refractivity contribution >= 4 is 5.91 Å². The SMILES string of the molecule is C#CCNC(=O)c1cccc(Oc2cc(CN)cc(C)n2)c1.